The van der Waals surface area contributed by atoms with Gasteiger partial charge in [0.15, 0.2) is 0 Å². The molecule has 0 unspecified atom stereocenters. The Morgan fingerprint density at radius 3 is 2.39 bits per heavy atom. The molecule has 0 radical (unpaired) electrons. The van der Waals surface area contributed by atoms with E-state index in [1.807, 2.05) is 85.1 Å². The number of benzene rings is 4. The van der Waals surface area contributed by atoms with Gasteiger partial charge in [0.05, 0.1) is 11.4 Å². The highest BCUT2D eigenvalue weighted by Gasteiger charge is 2.35. The molecule has 0 bridgehead atoms. The van der Waals surface area contributed by atoms with E-state index in [-0.39, 0.29) is 17.7 Å². The summed E-state index contributed by atoms with van der Waals surface area (Å²) in [5, 5.41) is 16.9. The van der Waals surface area contributed by atoms with E-state index in [4.69, 9.17) is 9.84 Å². The number of fused-ring (bicyclic) bond motifs is 1. The van der Waals surface area contributed by atoms with Crippen LogP contribution in [0.5, 0.6) is 5.75 Å². The Morgan fingerprint density at radius 2 is 1.64 bits per heavy atom. The summed E-state index contributed by atoms with van der Waals surface area (Å²) in [5.74, 6) is -0.393. The molecule has 0 spiro atoms. The molecule has 0 saturated heterocycles. The van der Waals surface area contributed by atoms with Crippen molar-refractivity contribution in [3.63, 3.8) is 0 Å². The number of amides is 2. The van der Waals surface area contributed by atoms with Gasteiger partial charge in [-0.15, -0.1) is 6.58 Å². The van der Waals surface area contributed by atoms with E-state index in [9.17, 15) is 14.9 Å². The van der Waals surface area contributed by atoms with Crippen LogP contribution < -0.4 is 4.74 Å². The second-order valence-corrected chi connectivity index (χ2v) is 10.3. The van der Waals surface area contributed by atoms with Gasteiger partial charge in [0.2, 0.25) is 0 Å². The van der Waals surface area contributed by atoms with Gasteiger partial charge in [0.25, 0.3) is 11.8 Å². The van der Waals surface area contributed by atoms with Crippen LogP contribution >= 0.6 is 0 Å². The van der Waals surface area contributed by atoms with Crippen LogP contribution in [0.25, 0.3) is 33.8 Å². The van der Waals surface area contributed by atoms with Crippen molar-refractivity contribution in [1.29, 1.82) is 5.26 Å². The molecule has 1 aliphatic rings. The van der Waals surface area contributed by atoms with Crippen molar-refractivity contribution in [3.8, 4) is 28.8 Å². The topological polar surface area (TPSA) is 88.2 Å². The Labute approximate surface area is 255 Å². The van der Waals surface area contributed by atoms with Gasteiger partial charge in [0, 0.05) is 29.4 Å². The number of rotatable bonds is 8. The zero-order valence-electron chi connectivity index (χ0n) is 24.1. The van der Waals surface area contributed by atoms with Crippen molar-refractivity contribution in [2.75, 3.05) is 6.54 Å². The van der Waals surface area contributed by atoms with Crippen LogP contribution in [0.1, 0.15) is 18.1 Å². The molecule has 2 heterocycles. The van der Waals surface area contributed by atoms with Crippen molar-refractivity contribution >= 4 is 28.7 Å². The first-order valence-electron chi connectivity index (χ1n) is 14.1. The number of nitriles is 1. The van der Waals surface area contributed by atoms with Gasteiger partial charge in [-0.1, -0.05) is 66.7 Å². The molecule has 0 N–H and O–H groups in total. The van der Waals surface area contributed by atoms with Crippen LogP contribution in [0.4, 0.5) is 0 Å². The molecular weight excluding hydrogens is 548 g/mol. The SMILES string of the molecule is C=CCN1C(=O)C(C#N)=C(C)/C(=C\c2cn(-c3ccccc3)nc2-c2ccc(OCc3cccc4ccccc34)cc2)C1=O. The van der Waals surface area contributed by atoms with Crippen LogP contribution in [0, 0.1) is 11.3 Å². The summed E-state index contributed by atoms with van der Waals surface area (Å²) in [7, 11) is 0. The van der Waals surface area contributed by atoms with E-state index in [1.165, 1.54) is 11.5 Å². The molecule has 2 amide bonds. The van der Waals surface area contributed by atoms with Crippen molar-refractivity contribution in [2.45, 2.75) is 13.5 Å². The van der Waals surface area contributed by atoms with Gasteiger partial charge in [0.1, 0.15) is 24.0 Å². The minimum atomic E-state index is -0.619. The Morgan fingerprint density at radius 1 is 0.909 bits per heavy atom. The predicted molar refractivity (Wildman–Crippen MR) is 170 cm³/mol. The molecule has 5 aromatic rings. The zero-order valence-corrected chi connectivity index (χ0v) is 24.1. The predicted octanol–water partition coefficient (Wildman–Crippen LogP) is 7.05. The van der Waals surface area contributed by atoms with E-state index in [0.29, 0.717) is 29.2 Å². The number of para-hydroxylation sites is 1. The van der Waals surface area contributed by atoms with Crippen LogP contribution in [-0.2, 0) is 16.2 Å². The molecule has 214 valence electrons. The third-order valence-corrected chi connectivity index (χ3v) is 7.60. The molecule has 0 saturated carbocycles. The lowest BCUT2D eigenvalue weighted by Crippen LogP contribution is -2.42. The zero-order chi connectivity index (χ0) is 30.6. The molecule has 0 atom stereocenters. The van der Waals surface area contributed by atoms with Gasteiger partial charge in [-0.05, 0) is 71.3 Å². The lowest BCUT2D eigenvalue weighted by atomic mass is 9.93. The maximum Gasteiger partial charge on any atom is 0.271 e. The van der Waals surface area contributed by atoms with E-state index in [1.54, 1.807) is 17.7 Å². The third-order valence-electron chi connectivity index (χ3n) is 7.60. The van der Waals surface area contributed by atoms with Crippen molar-refractivity contribution in [2.24, 2.45) is 0 Å². The van der Waals surface area contributed by atoms with Crippen LogP contribution in [0.3, 0.4) is 0 Å². The second kappa shape index (κ2) is 12.1. The number of nitrogens with zero attached hydrogens (tertiary/aromatic N) is 4. The molecular formula is C37H28N4O3. The van der Waals surface area contributed by atoms with E-state index in [2.05, 4.69) is 30.8 Å². The number of carbonyl (C=O) groups excluding carboxylic acids is 2. The minimum absolute atomic E-state index is 0.00381. The van der Waals surface area contributed by atoms with Gasteiger partial charge in [-0.25, -0.2) is 4.68 Å². The van der Waals surface area contributed by atoms with Gasteiger partial charge in [-0.2, -0.15) is 10.4 Å². The summed E-state index contributed by atoms with van der Waals surface area (Å²) in [6.45, 7) is 5.71. The number of hydrogen-bond donors (Lipinski definition) is 0. The molecule has 0 aliphatic carbocycles. The van der Waals surface area contributed by atoms with Crippen molar-refractivity contribution in [3.05, 3.63) is 144 Å². The fraction of sp³-hybridized carbons (Fsp3) is 0.0811. The molecule has 4 aromatic carbocycles. The van der Waals surface area contributed by atoms with Gasteiger partial charge >= 0.3 is 0 Å². The standard InChI is InChI=1S/C37H28N4O3/c1-3-20-40-36(42)33(25(2)34(22-38)37(40)43)21-29-23-41(30-13-5-4-6-14-30)39-35(29)27-16-18-31(19-17-27)44-24-28-12-9-11-26-10-7-8-15-32(26)28/h3-19,21,23H,1,20,24H2,2H3/b33-21+. The smallest absolute Gasteiger partial charge is 0.271 e. The molecule has 7 nitrogen and oxygen atoms in total. The first kappa shape index (κ1) is 28.1. The molecule has 1 aromatic heterocycles. The molecule has 1 aliphatic heterocycles. The lowest BCUT2D eigenvalue weighted by Gasteiger charge is -2.26. The minimum Gasteiger partial charge on any atom is -0.489 e. The normalized spacial score (nSPS) is 14.3. The Kier molecular flexibility index (Phi) is 7.73. The van der Waals surface area contributed by atoms with Gasteiger partial charge in [-0.3, -0.25) is 14.5 Å². The van der Waals surface area contributed by atoms with Crippen molar-refractivity contribution in [1.82, 2.24) is 14.7 Å². The summed E-state index contributed by atoms with van der Waals surface area (Å²) >= 11 is 0. The second-order valence-electron chi connectivity index (χ2n) is 10.3. The fourth-order valence-electron chi connectivity index (χ4n) is 5.30. The molecule has 6 rings (SSSR count). The van der Waals surface area contributed by atoms with Gasteiger partial charge < -0.3 is 4.74 Å². The molecule has 44 heavy (non-hydrogen) atoms. The maximum atomic E-state index is 13.4. The average molecular weight is 577 g/mol. The van der Waals surface area contributed by atoms with E-state index in [0.717, 1.165) is 27.1 Å². The Hall–Kier alpha value is -6.00. The van der Waals surface area contributed by atoms with E-state index < -0.39 is 11.8 Å². The summed E-state index contributed by atoms with van der Waals surface area (Å²) in [4.78, 5) is 27.3. The van der Waals surface area contributed by atoms with E-state index >= 15 is 0 Å². The summed E-state index contributed by atoms with van der Waals surface area (Å²) in [6.07, 6.45) is 5.00. The summed E-state index contributed by atoms with van der Waals surface area (Å²) in [6, 6.07) is 33.7. The summed E-state index contributed by atoms with van der Waals surface area (Å²) in [5.41, 5.74) is 4.57. The first-order chi connectivity index (χ1) is 21.5. The fourth-order valence-corrected chi connectivity index (χ4v) is 5.30. The average Bonchev–Trinajstić information content (AvgIpc) is 3.49. The number of aromatic nitrogens is 2. The van der Waals surface area contributed by atoms with Crippen LogP contribution in [0.2, 0.25) is 0 Å². The quantitative estimate of drug-likeness (QED) is 0.112. The number of carbonyl (C=O) groups is 2. The lowest BCUT2D eigenvalue weighted by molar-refractivity contribution is -0.139. The number of hydrogen-bond acceptors (Lipinski definition) is 5. The summed E-state index contributed by atoms with van der Waals surface area (Å²) < 4.78 is 7.90. The molecule has 0 fully saturated rings. The monoisotopic (exact) mass is 576 g/mol. The van der Waals surface area contributed by atoms with Crippen LogP contribution in [0.15, 0.2) is 133 Å². The third kappa shape index (κ3) is 5.33. The van der Waals surface area contributed by atoms with Crippen molar-refractivity contribution < 1.29 is 14.3 Å². The highest BCUT2D eigenvalue weighted by Crippen LogP contribution is 2.32. The molecule has 7 heteroatoms. The Bertz CT molecular complexity index is 2010. The number of imide groups is 1. The Balaban J connectivity index is 1.37. The number of ether oxygens (including phenoxy) is 1. The first-order valence-corrected chi connectivity index (χ1v) is 14.1. The maximum absolute atomic E-state index is 13.4. The highest BCUT2D eigenvalue weighted by atomic mass is 16.5. The largest absolute Gasteiger partial charge is 0.489 e. The van der Waals surface area contributed by atoms with Crippen LogP contribution in [-0.4, -0.2) is 33.0 Å². The highest BCUT2D eigenvalue weighted by molar-refractivity contribution is 6.20.